The molecule has 168 valence electrons. The second-order valence-corrected chi connectivity index (χ2v) is 8.92. The van der Waals surface area contributed by atoms with Crippen molar-refractivity contribution in [3.05, 3.63) is 62.5 Å². The van der Waals surface area contributed by atoms with Crippen molar-refractivity contribution >= 4 is 50.9 Å². The Hall–Kier alpha value is -1.76. The fourth-order valence-electron chi connectivity index (χ4n) is 2.99. The SMILES string of the molecule is CC[C@@H](C)NC(=O)[C@H](CC)N(Cc1ccccc1Cl)C(=O)COc1ccc(Cl)cc1Br. The van der Waals surface area contributed by atoms with E-state index in [1.807, 2.05) is 39.0 Å². The first-order valence-corrected chi connectivity index (χ1v) is 11.7. The lowest BCUT2D eigenvalue weighted by atomic mass is 10.1. The second kappa shape index (κ2) is 12.3. The Kier molecular flexibility index (Phi) is 10.1. The van der Waals surface area contributed by atoms with E-state index in [-0.39, 0.29) is 31.0 Å². The largest absolute Gasteiger partial charge is 0.483 e. The first-order valence-electron chi connectivity index (χ1n) is 10.2. The van der Waals surface area contributed by atoms with E-state index in [0.29, 0.717) is 26.7 Å². The third-order valence-electron chi connectivity index (χ3n) is 4.93. The van der Waals surface area contributed by atoms with Crippen molar-refractivity contribution in [2.75, 3.05) is 6.61 Å². The predicted molar refractivity (Wildman–Crippen MR) is 129 cm³/mol. The average Bonchev–Trinajstić information content (AvgIpc) is 2.74. The van der Waals surface area contributed by atoms with E-state index in [1.165, 1.54) is 4.90 Å². The lowest BCUT2D eigenvalue weighted by molar-refractivity contribution is -0.143. The number of ether oxygens (including phenoxy) is 1. The Morgan fingerprint density at radius 3 is 2.45 bits per heavy atom. The van der Waals surface area contributed by atoms with Crippen molar-refractivity contribution in [3.8, 4) is 5.75 Å². The van der Waals surface area contributed by atoms with Crippen LogP contribution >= 0.6 is 39.1 Å². The molecule has 1 N–H and O–H groups in total. The van der Waals surface area contributed by atoms with Gasteiger partial charge < -0.3 is 15.0 Å². The standard InChI is InChI=1S/C23H27BrCl2N2O3/c1-4-15(3)27-23(30)20(5-2)28(13-16-8-6-7-9-19(16)26)22(29)14-31-21-11-10-17(25)12-18(21)24/h6-12,15,20H,4-5,13-14H2,1-3H3,(H,27,30)/t15-,20+/m1/s1. The average molecular weight is 530 g/mol. The molecule has 0 fully saturated rings. The molecular formula is C23H27BrCl2N2O3. The minimum Gasteiger partial charge on any atom is -0.483 e. The van der Waals surface area contributed by atoms with Crippen molar-refractivity contribution in [1.29, 1.82) is 0 Å². The first kappa shape index (κ1) is 25.5. The zero-order valence-electron chi connectivity index (χ0n) is 17.8. The van der Waals surface area contributed by atoms with Gasteiger partial charge in [0.05, 0.1) is 4.47 Å². The van der Waals surface area contributed by atoms with E-state index in [4.69, 9.17) is 27.9 Å². The lowest BCUT2D eigenvalue weighted by Gasteiger charge is -2.31. The number of hydrogen-bond donors (Lipinski definition) is 1. The maximum atomic E-state index is 13.2. The molecule has 2 aromatic rings. The van der Waals surface area contributed by atoms with Gasteiger partial charge in [0.1, 0.15) is 11.8 Å². The van der Waals surface area contributed by atoms with Gasteiger partial charge in [-0.25, -0.2) is 0 Å². The van der Waals surface area contributed by atoms with Crippen LogP contribution in [0, 0.1) is 0 Å². The topological polar surface area (TPSA) is 58.6 Å². The maximum absolute atomic E-state index is 13.2. The molecule has 0 aliphatic carbocycles. The number of benzene rings is 2. The molecule has 0 saturated carbocycles. The number of nitrogens with zero attached hydrogens (tertiary/aromatic N) is 1. The molecule has 0 spiro atoms. The highest BCUT2D eigenvalue weighted by Crippen LogP contribution is 2.28. The summed E-state index contributed by atoms with van der Waals surface area (Å²) in [6.07, 6.45) is 1.26. The highest BCUT2D eigenvalue weighted by molar-refractivity contribution is 9.10. The minimum absolute atomic E-state index is 0.0140. The number of halogens is 3. The summed E-state index contributed by atoms with van der Waals surface area (Å²) in [5.74, 6) is -0.00889. The number of nitrogens with one attached hydrogen (secondary N) is 1. The summed E-state index contributed by atoms with van der Waals surface area (Å²) < 4.78 is 6.36. The van der Waals surface area contributed by atoms with Crippen LogP contribution in [0.2, 0.25) is 10.0 Å². The maximum Gasteiger partial charge on any atom is 0.261 e. The number of carbonyl (C=O) groups is 2. The molecule has 0 aromatic heterocycles. The Bertz CT molecular complexity index is 910. The van der Waals surface area contributed by atoms with Crippen LogP contribution in [0.25, 0.3) is 0 Å². The Balaban J connectivity index is 2.25. The molecule has 0 aliphatic rings. The van der Waals surface area contributed by atoms with E-state index >= 15 is 0 Å². The van der Waals surface area contributed by atoms with Gasteiger partial charge in [-0.2, -0.15) is 0 Å². The van der Waals surface area contributed by atoms with E-state index in [9.17, 15) is 9.59 Å². The molecule has 0 saturated heterocycles. The number of rotatable bonds is 10. The molecule has 31 heavy (non-hydrogen) atoms. The molecular weight excluding hydrogens is 503 g/mol. The second-order valence-electron chi connectivity index (χ2n) is 7.22. The fourth-order valence-corrected chi connectivity index (χ4v) is 3.98. The van der Waals surface area contributed by atoms with Gasteiger partial charge >= 0.3 is 0 Å². The quantitative estimate of drug-likeness (QED) is 0.419. The van der Waals surface area contributed by atoms with Gasteiger partial charge in [-0.15, -0.1) is 0 Å². The summed E-state index contributed by atoms with van der Waals surface area (Å²) in [5.41, 5.74) is 0.764. The summed E-state index contributed by atoms with van der Waals surface area (Å²) in [4.78, 5) is 27.7. The van der Waals surface area contributed by atoms with Crippen LogP contribution in [0.4, 0.5) is 0 Å². The third kappa shape index (κ3) is 7.41. The fraction of sp³-hybridized carbons (Fsp3) is 0.391. The summed E-state index contributed by atoms with van der Waals surface area (Å²) >= 11 is 15.7. The van der Waals surface area contributed by atoms with Crippen LogP contribution < -0.4 is 10.1 Å². The molecule has 2 amide bonds. The van der Waals surface area contributed by atoms with Gasteiger partial charge in [0, 0.05) is 22.6 Å². The van der Waals surface area contributed by atoms with Gasteiger partial charge in [0.15, 0.2) is 6.61 Å². The van der Waals surface area contributed by atoms with Gasteiger partial charge in [-0.05, 0) is 65.5 Å². The van der Waals surface area contributed by atoms with Gasteiger partial charge in [0.2, 0.25) is 5.91 Å². The molecule has 2 rings (SSSR count). The third-order valence-corrected chi connectivity index (χ3v) is 6.15. The molecule has 0 unspecified atom stereocenters. The summed E-state index contributed by atoms with van der Waals surface area (Å²) in [5, 5.41) is 4.07. The van der Waals surface area contributed by atoms with Crippen molar-refractivity contribution in [3.63, 3.8) is 0 Å². The molecule has 5 nitrogen and oxygen atoms in total. The first-order chi connectivity index (χ1) is 14.8. The summed E-state index contributed by atoms with van der Waals surface area (Å²) in [6, 6.07) is 11.7. The van der Waals surface area contributed by atoms with E-state index < -0.39 is 6.04 Å². The van der Waals surface area contributed by atoms with E-state index in [2.05, 4.69) is 21.2 Å². The van der Waals surface area contributed by atoms with Crippen LogP contribution in [-0.2, 0) is 16.1 Å². The normalized spacial score (nSPS) is 12.7. The number of carbonyl (C=O) groups excluding carboxylic acids is 2. The van der Waals surface area contributed by atoms with E-state index in [0.717, 1.165) is 12.0 Å². The highest BCUT2D eigenvalue weighted by atomic mass is 79.9. The highest BCUT2D eigenvalue weighted by Gasteiger charge is 2.30. The van der Waals surface area contributed by atoms with Crippen LogP contribution in [-0.4, -0.2) is 35.4 Å². The molecule has 0 radical (unpaired) electrons. The van der Waals surface area contributed by atoms with Crippen molar-refractivity contribution in [2.24, 2.45) is 0 Å². The Morgan fingerprint density at radius 2 is 1.84 bits per heavy atom. The van der Waals surface area contributed by atoms with Gasteiger partial charge in [-0.3, -0.25) is 9.59 Å². The van der Waals surface area contributed by atoms with Gasteiger partial charge in [-0.1, -0.05) is 55.2 Å². The van der Waals surface area contributed by atoms with Crippen LogP contribution in [0.1, 0.15) is 39.2 Å². The predicted octanol–water partition coefficient (Wildman–Crippen LogP) is 5.86. The molecule has 0 aliphatic heterocycles. The molecule has 0 heterocycles. The Morgan fingerprint density at radius 1 is 1.13 bits per heavy atom. The van der Waals surface area contributed by atoms with Gasteiger partial charge in [0.25, 0.3) is 5.91 Å². The summed E-state index contributed by atoms with van der Waals surface area (Å²) in [7, 11) is 0. The van der Waals surface area contributed by atoms with Crippen molar-refractivity contribution < 1.29 is 14.3 Å². The monoisotopic (exact) mass is 528 g/mol. The Labute approximate surface area is 202 Å². The minimum atomic E-state index is -0.643. The zero-order chi connectivity index (χ0) is 23.0. The molecule has 2 atom stereocenters. The molecule has 0 bridgehead atoms. The van der Waals surface area contributed by atoms with Crippen LogP contribution in [0.3, 0.4) is 0 Å². The van der Waals surface area contributed by atoms with Crippen LogP contribution in [0.5, 0.6) is 5.75 Å². The lowest BCUT2D eigenvalue weighted by Crippen LogP contribution is -2.51. The molecule has 8 heteroatoms. The summed E-state index contributed by atoms with van der Waals surface area (Å²) in [6.45, 7) is 5.79. The number of hydrogen-bond acceptors (Lipinski definition) is 3. The van der Waals surface area contributed by atoms with Crippen molar-refractivity contribution in [2.45, 2.75) is 52.2 Å². The van der Waals surface area contributed by atoms with Crippen molar-refractivity contribution in [1.82, 2.24) is 10.2 Å². The zero-order valence-corrected chi connectivity index (χ0v) is 20.9. The smallest absolute Gasteiger partial charge is 0.261 e. The molecule has 2 aromatic carbocycles. The van der Waals surface area contributed by atoms with E-state index in [1.54, 1.807) is 24.3 Å². The van der Waals surface area contributed by atoms with Crippen LogP contribution in [0.15, 0.2) is 46.9 Å². The number of amides is 2.